The van der Waals surface area contributed by atoms with E-state index in [-0.39, 0.29) is 67.5 Å². The number of Topliss-reactive ketones (excluding diaryl/α,β-unsaturated/α-hetero) is 1. The number of benzene rings is 5. The molecular formula is C64H82N8O15S. The highest BCUT2D eigenvalue weighted by molar-refractivity contribution is 7.85. The molecule has 6 rings (SSSR count). The molecular weight excluding hydrogens is 1150 g/mol. The summed E-state index contributed by atoms with van der Waals surface area (Å²) >= 11 is 0. The molecule has 1 fully saturated rings. The van der Waals surface area contributed by atoms with Crippen LogP contribution >= 0.6 is 0 Å². The number of ether oxygens (including phenoxy) is 5. The molecule has 0 bridgehead atoms. The first kappa shape index (κ1) is 68.5. The van der Waals surface area contributed by atoms with E-state index in [1.807, 2.05) is 36.4 Å². The molecule has 4 atom stereocenters. The van der Waals surface area contributed by atoms with E-state index in [4.69, 9.17) is 33.6 Å². The van der Waals surface area contributed by atoms with Crippen molar-refractivity contribution in [2.24, 2.45) is 5.73 Å². The van der Waals surface area contributed by atoms with Crippen molar-refractivity contribution in [2.75, 3.05) is 85.2 Å². The van der Waals surface area contributed by atoms with Crippen LogP contribution in [0.4, 0.5) is 5.69 Å². The van der Waals surface area contributed by atoms with E-state index in [1.54, 1.807) is 76.2 Å². The summed E-state index contributed by atoms with van der Waals surface area (Å²) in [5.74, 6) is -2.33. The number of rotatable bonds is 26. The first-order valence-electron chi connectivity index (χ1n) is 29.1. The van der Waals surface area contributed by atoms with Crippen LogP contribution < -0.4 is 43.8 Å². The van der Waals surface area contributed by atoms with Crippen LogP contribution in [0.2, 0.25) is 0 Å². The minimum atomic E-state index is -4.31. The number of carbonyl (C=O) groups excluding carboxylic acids is 7. The van der Waals surface area contributed by atoms with Gasteiger partial charge < -0.3 is 63.4 Å². The Bertz CT molecular complexity index is 3260. The molecule has 5 aromatic rings. The summed E-state index contributed by atoms with van der Waals surface area (Å²) in [4.78, 5) is 108. The highest BCUT2D eigenvalue weighted by atomic mass is 32.2. The van der Waals surface area contributed by atoms with Gasteiger partial charge in [-0.1, -0.05) is 67.1 Å². The molecule has 1 saturated heterocycles. The Kier molecular flexibility index (Phi) is 25.7. The van der Waals surface area contributed by atoms with Crippen molar-refractivity contribution in [1.82, 2.24) is 29.6 Å². The van der Waals surface area contributed by atoms with Gasteiger partial charge in [0.05, 0.1) is 64.4 Å². The van der Waals surface area contributed by atoms with Crippen molar-refractivity contribution in [1.29, 1.82) is 0 Å². The van der Waals surface area contributed by atoms with Gasteiger partial charge in [-0.15, -0.1) is 0 Å². The van der Waals surface area contributed by atoms with E-state index in [0.717, 1.165) is 0 Å². The standard InChI is InChI=1S/C64H82N8O15S/c1-43(2)85-34-33-68-39-61(76)71(46(5)49-24-28-54(29-25-49)87-88(80,81)66-31-16-15-20-57(65)47(6)73)42-63(78)70(45(4)48-22-26-52(82-7)27-23-48)38-59(74)67-44(3)64(79)69(32-30-50-17-13-14-21-58(50)86-53-18-11-10-12-19-53)40-62(77)72(41-60(68)75)51-35-55(83-8)37-56(36-51)84-9/h10-14,17-19,21-29,35-37,43-46,57,66H,15-16,20,30-34,38-42,65H2,1-9H3,(H,67,74)/t44-,45+,46+,57+/m1/s1. The minimum absolute atomic E-state index is 0.0223. The zero-order valence-corrected chi connectivity index (χ0v) is 52.3. The van der Waals surface area contributed by atoms with Crippen molar-refractivity contribution in [3.63, 3.8) is 0 Å². The lowest BCUT2D eigenvalue weighted by Gasteiger charge is -2.36. The van der Waals surface area contributed by atoms with Gasteiger partial charge in [-0.3, -0.25) is 33.6 Å². The zero-order chi connectivity index (χ0) is 64.1. The van der Waals surface area contributed by atoms with Gasteiger partial charge in [0.2, 0.25) is 35.4 Å². The first-order valence-corrected chi connectivity index (χ1v) is 30.5. The largest absolute Gasteiger partial charge is 0.497 e. The Morgan fingerprint density at radius 1 is 0.636 bits per heavy atom. The van der Waals surface area contributed by atoms with Crippen LogP contribution in [0.25, 0.3) is 0 Å². The second-order valence-corrected chi connectivity index (χ2v) is 22.9. The SMILES string of the molecule is COc1ccc([C@H](C)N2CC(=O)N[C@H](C)C(=O)N(CCc3ccccc3Oc3ccccc3)CC(=O)N(c3cc(OC)cc(OC)c3)CC(=O)N(CCOC(C)C)CC(=O)N([C@@H](C)c3ccc(OS(=O)(=O)NCCCC[C@H](N)C(C)=O)cc3)CC2=O)cc1. The molecule has 0 aromatic heterocycles. The van der Waals surface area contributed by atoms with Gasteiger partial charge in [0, 0.05) is 37.8 Å². The third kappa shape index (κ3) is 20.3. The maximum absolute atomic E-state index is 15.3. The number of para-hydroxylation sites is 2. The van der Waals surface area contributed by atoms with E-state index >= 15 is 19.2 Å². The Labute approximate surface area is 515 Å². The molecule has 474 valence electrons. The van der Waals surface area contributed by atoms with Crippen molar-refractivity contribution < 1.29 is 69.8 Å². The number of methoxy groups -OCH3 is 3. The Morgan fingerprint density at radius 3 is 1.81 bits per heavy atom. The van der Waals surface area contributed by atoms with Crippen LogP contribution in [0.1, 0.15) is 89.6 Å². The third-order valence-corrected chi connectivity index (χ3v) is 15.8. The molecule has 0 spiro atoms. The smallest absolute Gasteiger partial charge is 0.382 e. The molecule has 24 heteroatoms. The zero-order valence-electron chi connectivity index (χ0n) is 51.5. The lowest BCUT2D eigenvalue weighted by atomic mass is 10.0. The van der Waals surface area contributed by atoms with Crippen LogP contribution in [0, 0.1) is 0 Å². The second kappa shape index (κ2) is 33.0. The highest BCUT2D eigenvalue weighted by Gasteiger charge is 2.35. The number of anilines is 1. The number of hydrogen-bond donors (Lipinski definition) is 3. The monoisotopic (exact) mass is 1230 g/mol. The molecule has 4 N–H and O–H groups in total. The van der Waals surface area contributed by atoms with Gasteiger partial charge in [-0.05, 0) is 120 Å². The first-order chi connectivity index (χ1) is 42.0. The lowest BCUT2D eigenvalue weighted by molar-refractivity contribution is -0.148. The van der Waals surface area contributed by atoms with Gasteiger partial charge in [0.1, 0.15) is 72.5 Å². The quantitative estimate of drug-likeness (QED) is 0.0523. The molecule has 0 radical (unpaired) electrons. The number of unbranched alkanes of at least 4 members (excludes halogenated alkanes) is 1. The Hall–Kier alpha value is -8.58. The van der Waals surface area contributed by atoms with Crippen molar-refractivity contribution in [2.45, 2.75) is 97.5 Å². The van der Waals surface area contributed by atoms with Gasteiger partial charge in [0.25, 0.3) is 0 Å². The molecule has 6 amide bonds. The van der Waals surface area contributed by atoms with Crippen molar-refractivity contribution >= 4 is 57.2 Å². The summed E-state index contributed by atoms with van der Waals surface area (Å²) in [6.07, 6.45) is 1.17. The average Bonchev–Trinajstić information content (AvgIpc) is 2.17. The van der Waals surface area contributed by atoms with Gasteiger partial charge in [-0.2, -0.15) is 13.1 Å². The second-order valence-electron chi connectivity index (χ2n) is 21.5. The van der Waals surface area contributed by atoms with Gasteiger partial charge in [0.15, 0.2) is 0 Å². The number of amides is 6. The predicted octanol–water partition coefficient (Wildman–Crippen LogP) is 6.16. The van der Waals surface area contributed by atoms with Crippen LogP contribution in [-0.2, 0) is 55.0 Å². The van der Waals surface area contributed by atoms with Crippen LogP contribution in [0.5, 0.6) is 34.5 Å². The van der Waals surface area contributed by atoms with Crippen molar-refractivity contribution in [3.05, 3.63) is 138 Å². The molecule has 1 aliphatic heterocycles. The summed E-state index contributed by atoms with van der Waals surface area (Å²) in [6, 6.07) is 30.0. The molecule has 0 unspecified atom stereocenters. The minimum Gasteiger partial charge on any atom is -0.497 e. The number of nitrogens with two attached hydrogens (primary N) is 1. The summed E-state index contributed by atoms with van der Waals surface area (Å²) in [7, 11) is 0.0431. The van der Waals surface area contributed by atoms with Crippen LogP contribution in [-0.4, -0.2) is 168 Å². The molecule has 88 heavy (non-hydrogen) atoms. The fourth-order valence-corrected chi connectivity index (χ4v) is 10.5. The fraction of sp³-hybridized carbons (Fsp3) is 0.422. The predicted molar refractivity (Wildman–Crippen MR) is 330 cm³/mol. The van der Waals surface area contributed by atoms with E-state index in [2.05, 4.69) is 10.0 Å². The molecule has 0 aliphatic carbocycles. The van der Waals surface area contributed by atoms with Gasteiger partial charge >= 0.3 is 10.3 Å². The van der Waals surface area contributed by atoms with E-state index in [1.165, 1.54) is 96.1 Å². The molecule has 5 aromatic carbocycles. The Morgan fingerprint density at radius 2 is 1.20 bits per heavy atom. The molecule has 23 nitrogen and oxygen atoms in total. The number of hydrogen-bond acceptors (Lipinski definition) is 16. The normalized spacial score (nSPS) is 16.4. The average molecular weight is 1240 g/mol. The summed E-state index contributed by atoms with van der Waals surface area (Å²) in [6.45, 7) is 6.37. The van der Waals surface area contributed by atoms with Crippen molar-refractivity contribution in [3.8, 4) is 34.5 Å². The summed E-state index contributed by atoms with van der Waals surface area (Å²) < 4.78 is 62.5. The van der Waals surface area contributed by atoms with Crippen LogP contribution in [0.3, 0.4) is 0 Å². The van der Waals surface area contributed by atoms with E-state index < -0.39 is 103 Å². The lowest BCUT2D eigenvalue weighted by Crippen LogP contribution is -2.55. The molecule has 1 heterocycles. The van der Waals surface area contributed by atoms with Gasteiger partial charge in [-0.25, -0.2) is 0 Å². The number of nitrogens with one attached hydrogen (secondary N) is 2. The maximum Gasteiger partial charge on any atom is 0.382 e. The fourth-order valence-electron chi connectivity index (χ4n) is 9.63. The Balaban J connectivity index is 1.42. The topological polar surface area (TPSA) is 275 Å². The number of ketones is 1. The number of nitrogens with zero attached hydrogens (tertiary/aromatic N) is 5. The highest BCUT2D eigenvalue weighted by Crippen LogP contribution is 2.31. The van der Waals surface area contributed by atoms with Crippen LogP contribution in [0.15, 0.2) is 121 Å². The number of carbonyl (C=O) groups is 7. The maximum atomic E-state index is 15.3. The molecule has 1 aliphatic rings. The van der Waals surface area contributed by atoms with E-state index in [9.17, 15) is 22.8 Å². The summed E-state index contributed by atoms with van der Waals surface area (Å²) in [5.41, 5.74) is 7.67. The third-order valence-electron chi connectivity index (χ3n) is 14.8. The molecule has 0 saturated carbocycles. The van der Waals surface area contributed by atoms with E-state index in [0.29, 0.717) is 53.2 Å². The summed E-state index contributed by atoms with van der Waals surface area (Å²) in [5, 5.41) is 2.77.